The van der Waals surface area contributed by atoms with Crippen LogP contribution in [0, 0.1) is 0 Å². The maximum atomic E-state index is 4.39. The standard InChI is InChI=1S/C11H11N3/c1-8-5-6-12-11-7-13-10-4-2-3-9(8)14(10)11/h2-4,6-8H,5H2,1H3/t8-/m0/s1. The first-order valence-corrected chi connectivity index (χ1v) is 4.85. The molecule has 1 aliphatic heterocycles. The van der Waals surface area contributed by atoms with Gasteiger partial charge in [0.1, 0.15) is 5.65 Å². The molecule has 0 aromatic carbocycles. The SMILES string of the molecule is C[C@H]1CC=Nc2cnc3cccc1n23. The molecule has 1 atom stereocenters. The molecule has 0 amide bonds. The van der Waals surface area contributed by atoms with Crippen LogP contribution in [0.2, 0.25) is 0 Å². The first kappa shape index (κ1) is 7.74. The molecule has 3 rings (SSSR count). The highest BCUT2D eigenvalue weighted by molar-refractivity contribution is 5.66. The van der Waals surface area contributed by atoms with E-state index in [-0.39, 0.29) is 0 Å². The van der Waals surface area contributed by atoms with E-state index in [9.17, 15) is 0 Å². The Hall–Kier alpha value is -1.64. The Bertz CT molecular complexity index is 510. The van der Waals surface area contributed by atoms with Crippen LogP contribution in [0.3, 0.4) is 0 Å². The van der Waals surface area contributed by atoms with Crippen LogP contribution < -0.4 is 0 Å². The van der Waals surface area contributed by atoms with Crippen LogP contribution >= 0.6 is 0 Å². The zero-order chi connectivity index (χ0) is 9.54. The van der Waals surface area contributed by atoms with Crippen LogP contribution in [0.15, 0.2) is 29.4 Å². The van der Waals surface area contributed by atoms with Gasteiger partial charge in [0, 0.05) is 17.8 Å². The highest BCUT2D eigenvalue weighted by Crippen LogP contribution is 2.27. The van der Waals surface area contributed by atoms with Crippen molar-refractivity contribution in [3.8, 4) is 0 Å². The van der Waals surface area contributed by atoms with E-state index in [1.165, 1.54) is 5.69 Å². The molecule has 0 fully saturated rings. The van der Waals surface area contributed by atoms with Crippen LogP contribution in [0.25, 0.3) is 5.65 Å². The zero-order valence-electron chi connectivity index (χ0n) is 8.01. The minimum absolute atomic E-state index is 0.512. The van der Waals surface area contributed by atoms with E-state index in [0.717, 1.165) is 17.9 Å². The largest absolute Gasteiger partial charge is 0.281 e. The molecule has 3 heterocycles. The van der Waals surface area contributed by atoms with Gasteiger partial charge in [-0.2, -0.15) is 0 Å². The lowest BCUT2D eigenvalue weighted by Crippen LogP contribution is -1.99. The molecule has 0 aliphatic carbocycles. The minimum Gasteiger partial charge on any atom is -0.281 e. The van der Waals surface area contributed by atoms with Gasteiger partial charge in [0.25, 0.3) is 0 Å². The lowest BCUT2D eigenvalue weighted by Gasteiger charge is -2.09. The number of hydrogen-bond donors (Lipinski definition) is 0. The van der Waals surface area contributed by atoms with Gasteiger partial charge >= 0.3 is 0 Å². The molecule has 2 aromatic rings. The summed E-state index contributed by atoms with van der Waals surface area (Å²) in [5, 5.41) is 0. The molecule has 0 saturated carbocycles. The predicted octanol–water partition coefficient (Wildman–Crippen LogP) is 2.54. The lowest BCUT2D eigenvalue weighted by atomic mass is 10.0. The van der Waals surface area contributed by atoms with E-state index < -0.39 is 0 Å². The number of pyridine rings is 1. The molecule has 0 radical (unpaired) electrons. The van der Waals surface area contributed by atoms with E-state index >= 15 is 0 Å². The highest BCUT2D eigenvalue weighted by Gasteiger charge is 2.14. The maximum Gasteiger partial charge on any atom is 0.156 e. The van der Waals surface area contributed by atoms with Crippen molar-refractivity contribution in [2.24, 2.45) is 4.99 Å². The Morgan fingerprint density at radius 2 is 2.36 bits per heavy atom. The van der Waals surface area contributed by atoms with Crippen molar-refractivity contribution in [2.45, 2.75) is 19.3 Å². The van der Waals surface area contributed by atoms with Crippen molar-refractivity contribution in [1.29, 1.82) is 0 Å². The maximum absolute atomic E-state index is 4.39. The summed E-state index contributed by atoms with van der Waals surface area (Å²) in [7, 11) is 0. The molecular weight excluding hydrogens is 174 g/mol. The van der Waals surface area contributed by atoms with Crippen molar-refractivity contribution < 1.29 is 0 Å². The zero-order valence-corrected chi connectivity index (χ0v) is 8.01. The van der Waals surface area contributed by atoms with Crippen molar-refractivity contribution in [1.82, 2.24) is 9.38 Å². The molecular formula is C11H11N3. The molecule has 0 saturated heterocycles. The number of aliphatic imine (C=N–C) groups is 1. The van der Waals surface area contributed by atoms with Gasteiger partial charge in [-0.05, 0) is 18.6 Å². The predicted molar refractivity (Wildman–Crippen MR) is 56.4 cm³/mol. The van der Waals surface area contributed by atoms with Crippen LogP contribution in [0.4, 0.5) is 5.82 Å². The highest BCUT2D eigenvalue weighted by atomic mass is 15.1. The van der Waals surface area contributed by atoms with Crippen molar-refractivity contribution in [2.75, 3.05) is 0 Å². The Labute approximate surface area is 82.1 Å². The first-order valence-electron chi connectivity index (χ1n) is 4.85. The van der Waals surface area contributed by atoms with Gasteiger partial charge < -0.3 is 0 Å². The van der Waals surface area contributed by atoms with Gasteiger partial charge in [-0.15, -0.1) is 0 Å². The summed E-state index contributed by atoms with van der Waals surface area (Å²) in [6, 6.07) is 6.22. The van der Waals surface area contributed by atoms with Gasteiger partial charge in [0.05, 0.1) is 6.20 Å². The normalized spacial score (nSPS) is 19.9. The van der Waals surface area contributed by atoms with E-state index in [1.54, 1.807) is 0 Å². The van der Waals surface area contributed by atoms with Gasteiger partial charge in [-0.1, -0.05) is 13.0 Å². The van der Waals surface area contributed by atoms with Crippen LogP contribution in [-0.2, 0) is 0 Å². The topological polar surface area (TPSA) is 29.7 Å². The third kappa shape index (κ3) is 0.923. The average molecular weight is 185 g/mol. The molecule has 1 aliphatic rings. The Morgan fingerprint density at radius 1 is 1.43 bits per heavy atom. The van der Waals surface area contributed by atoms with Gasteiger partial charge in [-0.3, -0.25) is 4.40 Å². The second kappa shape index (κ2) is 2.67. The molecule has 0 spiro atoms. The number of imidazole rings is 1. The molecule has 0 N–H and O–H groups in total. The quantitative estimate of drug-likeness (QED) is 0.620. The number of nitrogens with zero attached hydrogens (tertiary/aromatic N) is 3. The Kier molecular flexibility index (Phi) is 1.48. The summed E-state index contributed by atoms with van der Waals surface area (Å²) < 4.78 is 2.13. The Morgan fingerprint density at radius 3 is 3.29 bits per heavy atom. The van der Waals surface area contributed by atoms with Gasteiger partial charge in [0.15, 0.2) is 5.82 Å². The molecule has 3 nitrogen and oxygen atoms in total. The summed E-state index contributed by atoms with van der Waals surface area (Å²) in [4.78, 5) is 8.71. The number of hydrogen-bond acceptors (Lipinski definition) is 2. The average Bonchev–Trinajstić information content (AvgIpc) is 2.53. The van der Waals surface area contributed by atoms with Crippen molar-refractivity contribution in [3.05, 3.63) is 30.1 Å². The summed E-state index contributed by atoms with van der Waals surface area (Å²) in [6.45, 7) is 2.22. The molecule has 0 unspecified atom stereocenters. The molecule has 0 bridgehead atoms. The summed E-state index contributed by atoms with van der Waals surface area (Å²) in [5.74, 6) is 1.46. The van der Waals surface area contributed by atoms with E-state index in [2.05, 4.69) is 33.4 Å². The van der Waals surface area contributed by atoms with E-state index in [4.69, 9.17) is 0 Å². The fourth-order valence-electron chi connectivity index (χ4n) is 1.95. The molecule has 14 heavy (non-hydrogen) atoms. The van der Waals surface area contributed by atoms with Crippen LogP contribution in [0.5, 0.6) is 0 Å². The van der Waals surface area contributed by atoms with Crippen molar-refractivity contribution in [3.63, 3.8) is 0 Å². The first-order chi connectivity index (χ1) is 6.86. The number of aromatic nitrogens is 2. The van der Waals surface area contributed by atoms with Gasteiger partial charge in [0.2, 0.25) is 0 Å². The minimum atomic E-state index is 0.512. The second-order valence-electron chi connectivity index (χ2n) is 3.71. The number of rotatable bonds is 0. The third-order valence-corrected chi connectivity index (χ3v) is 2.73. The van der Waals surface area contributed by atoms with Crippen molar-refractivity contribution >= 4 is 17.7 Å². The monoisotopic (exact) mass is 185 g/mol. The third-order valence-electron chi connectivity index (χ3n) is 2.73. The molecule has 70 valence electrons. The smallest absolute Gasteiger partial charge is 0.156 e. The molecule has 3 heteroatoms. The fourth-order valence-corrected chi connectivity index (χ4v) is 1.95. The lowest BCUT2D eigenvalue weighted by molar-refractivity contribution is 0.770. The summed E-state index contributed by atoms with van der Waals surface area (Å²) in [6.07, 6.45) is 4.81. The van der Waals surface area contributed by atoms with Crippen LogP contribution in [-0.4, -0.2) is 15.6 Å². The fraction of sp³-hybridized carbons (Fsp3) is 0.273. The van der Waals surface area contributed by atoms with E-state index in [0.29, 0.717) is 5.92 Å². The summed E-state index contributed by atoms with van der Waals surface area (Å²) in [5.41, 5.74) is 2.29. The summed E-state index contributed by atoms with van der Waals surface area (Å²) >= 11 is 0. The van der Waals surface area contributed by atoms with Crippen LogP contribution in [0.1, 0.15) is 25.0 Å². The molecule has 2 aromatic heterocycles. The van der Waals surface area contributed by atoms with Gasteiger partial charge in [-0.25, -0.2) is 9.98 Å². The second-order valence-corrected chi connectivity index (χ2v) is 3.71. The Balaban J connectivity index is 2.46. The van der Waals surface area contributed by atoms with E-state index in [1.807, 2.05) is 18.5 Å².